The van der Waals surface area contributed by atoms with Gasteiger partial charge in [0.2, 0.25) is 0 Å². The van der Waals surface area contributed by atoms with Gasteiger partial charge in [0, 0.05) is 12.4 Å². The van der Waals surface area contributed by atoms with Crippen LogP contribution in [0.15, 0.2) is 134 Å². The number of nitriles is 2. The summed E-state index contributed by atoms with van der Waals surface area (Å²) in [7, 11) is 0. The fourth-order valence-electron chi connectivity index (χ4n) is 6.38. The van der Waals surface area contributed by atoms with Crippen molar-refractivity contribution in [1.29, 1.82) is 10.5 Å². The zero-order valence-electron chi connectivity index (χ0n) is 23.5. The van der Waals surface area contributed by atoms with Gasteiger partial charge in [-0.15, -0.1) is 0 Å². The molecule has 202 valence electrons. The van der Waals surface area contributed by atoms with Crippen LogP contribution in [0.1, 0.15) is 11.4 Å². The lowest BCUT2D eigenvalue weighted by Crippen LogP contribution is -1.90. The first-order valence-electron chi connectivity index (χ1n) is 14.3. The van der Waals surface area contributed by atoms with E-state index in [2.05, 4.69) is 119 Å². The van der Waals surface area contributed by atoms with E-state index in [-0.39, 0.29) is 0 Å². The Morgan fingerprint density at radius 2 is 0.818 bits per heavy atom. The van der Waals surface area contributed by atoms with Crippen molar-refractivity contribution in [3.05, 3.63) is 145 Å². The number of rotatable bonds is 4. The Bertz CT molecular complexity index is 2300. The van der Waals surface area contributed by atoms with E-state index in [0.29, 0.717) is 11.4 Å². The van der Waals surface area contributed by atoms with Gasteiger partial charge in [0.15, 0.2) is 0 Å². The number of hydrogen-bond acceptors (Lipinski definition) is 4. The first kappa shape index (κ1) is 25.4. The van der Waals surface area contributed by atoms with Crippen molar-refractivity contribution >= 4 is 32.3 Å². The lowest BCUT2D eigenvalue weighted by atomic mass is 9.86. The van der Waals surface area contributed by atoms with E-state index >= 15 is 0 Å². The largest absolute Gasteiger partial charge is 0.246 e. The van der Waals surface area contributed by atoms with Gasteiger partial charge in [0.25, 0.3) is 0 Å². The molecular weight excluding hydrogens is 536 g/mol. The molecule has 0 aliphatic rings. The Labute approximate surface area is 254 Å². The molecule has 0 amide bonds. The SMILES string of the molecule is N#Cc1cc(-c2cccc(-c3ccc4ccc5c(-c6cccc(-c7ccnc(C#N)c7)c6)ccc6ccc3c4c65)c2)ccn1. The van der Waals surface area contributed by atoms with Gasteiger partial charge in [-0.1, -0.05) is 84.9 Å². The third kappa shape index (κ3) is 4.14. The monoisotopic (exact) mass is 558 g/mol. The molecule has 0 saturated carbocycles. The average Bonchev–Trinajstić information content (AvgIpc) is 3.10. The first-order valence-corrected chi connectivity index (χ1v) is 14.3. The normalized spacial score (nSPS) is 11.1. The van der Waals surface area contributed by atoms with E-state index in [1.54, 1.807) is 12.4 Å². The van der Waals surface area contributed by atoms with Crippen LogP contribution < -0.4 is 0 Å². The van der Waals surface area contributed by atoms with Crippen LogP contribution in [0, 0.1) is 22.7 Å². The highest BCUT2D eigenvalue weighted by Crippen LogP contribution is 2.43. The van der Waals surface area contributed by atoms with E-state index in [9.17, 15) is 10.5 Å². The molecule has 8 aromatic rings. The molecule has 0 aliphatic carbocycles. The van der Waals surface area contributed by atoms with Crippen molar-refractivity contribution in [1.82, 2.24) is 9.97 Å². The molecule has 0 unspecified atom stereocenters. The summed E-state index contributed by atoms with van der Waals surface area (Å²) in [4.78, 5) is 8.27. The van der Waals surface area contributed by atoms with Gasteiger partial charge < -0.3 is 0 Å². The highest BCUT2D eigenvalue weighted by atomic mass is 14.7. The van der Waals surface area contributed by atoms with Crippen LogP contribution in [0.4, 0.5) is 0 Å². The van der Waals surface area contributed by atoms with E-state index in [0.717, 1.165) is 33.4 Å². The third-order valence-corrected chi connectivity index (χ3v) is 8.43. The van der Waals surface area contributed by atoms with Crippen molar-refractivity contribution in [2.75, 3.05) is 0 Å². The minimum Gasteiger partial charge on any atom is -0.246 e. The maximum atomic E-state index is 9.35. The van der Waals surface area contributed by atoms with Crippen LogP contribution in [0.25, 0.3) is 76.8 Å². The molecule has 8 rings (SSSR count). The van der Waals surface area contributed by atoms with E-state index in [1.807, 2.05) is 24.3 Å². The molecule has 0 N–H and O–H groups in total. The van der Waals surface area contributed by atoms with Crippen molar-refractivity contribution in [2.24, 2.45) is 0 Å². The van der Waals surface area contributed by atoms with Crippen molar-refractivity contribution in [3.63, 3.8) is 0 Å². The highest BCUT2D eigenvalue weighted by Gasteiger charge is 2.16. The zero-order valence-corrected chi connectivity index (χ0v) is 23.5. The van der Waals surface area contributed by atoms with E-state index in [4.69, 9.17) is 0 Å². The molecule has 0 radical (unpaired) electrons. The van der Waals surface area contributed by atoms with Crippen molar-refractivity contribution < 1.29 is 0 Å². The molecule has 2 heterocycles. The van der Waals surface area contributed by atoms with Gasteiger partial charge in [-0.05, 0) is 113 Å². The molecule has 0 bridgehead atoms. The van der Waals surface area contributed by atoms with Crippen LogP contribution in [-0.4, -0.2) is 9.97 Å². The number of benzene rings is 6. The molecule has 0 atom stereocenters. The maximum absolute atomic E-state index is 9.35. The maximum Gasteiger partial charge on any atom is 0.141 e. The van der Waals surface area contributed by atoms with Gasteiger partial charge in [-0.25, -0.2) is 9.97 Å². The fraction of sp³-hybridized carbons (Fsp3) is 0. The van der Waals surface area contributed by atoms with Crippen LogP contribution in [0.2, 0.25) is 0 Å². The lowest BCUT2D eigenvalue weighted by molar-refractivity contribution is 1.26. The minimum atomic E-state index is 0.407. The summed E-state index contributed by atoms with van der Waals surface area (Å²) in [6.07, 6.45) is 3.37. The molecule has 44 heavy (non-hydrogen) atoms. The Hall–Kier alpha value is -6.36. The average molecular weight is 559 g/mol. The third-order valence-electron chi connectivity index (χ3n) is 8.43. The number of hydrogen-bond donors (Lipinski definition) is 0. The van der Waals surface area contributed by atoms with Crippen LogP contribution in [0.5, 0.6) is 0 Å². The highest BCUT2D eigenvalue weighted by molar-refractivity contribution is 6.27. The molecule has 0 fully saturated rings. The number of aromatic nitrogens is 2. The second-order valence-corrected chi connectivity index (χ2v) is 10.9. The van der Waals surface area contributed by atoms with Gasteiger partial charge in [0.1, 0.15) is 23.5 Å². The molecule has 2 aromatic heterocycles. The summed E-state index contributed by atoms with van der Waals surface area (Å²) in [5, 5.41) is 26.0. The molecule has 0 saturated heterocycles. The summed E-state index contributed by atoms with van der Waals surface area (Å²) in [6, 6.07) is 46.6. The molecule has 0 aliphatic heterocycles. The fourth-order valence-corrected chi connectivity index (χ4v) is 6.38. The van der Waals surface area contributed by atoms with Gasteiger partial charge in [-0.3, -0.25) is 0 Å². The van der Waals surface area contributed by atoms with Crippen molar-refractivity contribution in [2.45, 2.75) is 0 Å². The molecular formula is C40H22N4. The second kappa shape index (κ2) is 10.2. The Morgan fingerprint density at radius 3 is 1.27 bits per heavy atom. The van der Waals surface area contributed by atoms with Crippen LogP contribution in [-0.2, 0) is 0 Å². The predicted molar refractivity (Wildman–Crippen MR) is 177 cm³/mol. The Morgan fingerprint density at radius 1 is 0.409 bits per heavy atom. The smallest absolute Gasteiger partial charge is 0.141 e. The summed E-state index contributed by atoms with van der Waals surface area (Å²) >= 11 is 0. The standard InChI is InChI=1S/C40H22N4/c41-23-33-21-29(15-17-43-33)27-3-1-5-31(19-27)35-11-7-25-10-14-38-36(12-8-26-9-13-37(35)39(25)40(26)38)32-6-2-4-28(20-32)30-16-18-44-34(22-30)24-42/h1-22H. The van der Waals surface area contributed by atoms with Gasteiger partial charge in [0.05, 0.1) is 0 Å². The minimum absolute atomic E-state index is 0.407. The number of nitrogens with zero attached hydrogens (tertiary/aromatic N) is 4. The topological polar surface area (TPSA) is 73.4 Å². The van der Waals surface area contributed by atoms with E-state index < -0.39 is 0 Å². The molecule has 4 heteroatoms. The summed E-state index contributed by atoms with van der Waals surface area (Å²) in [6.45, 7) is 0. The molecule has 6 aromatic carbocycles. The van der Waals surface area contributed by atoms with E-state index in [1.165, 1.54) is 43.4 Å². The Balaban J connectivity index is 1.30. The lowest BCUT2D eigenvalue weighted by Gasteiger charge is -2.17. The van der Waals surface area contributed by atoms with Crippen LogP contribution in [0.3, 0.4) is 0 Å². The summed E-state index contributed by atoms with van der Waals surface area (Å²) in [5.41, 5.74) is 9.43. The van der Waals surface area contributed by atoms with Crippen LogP contribution >= 0.6 is 0 Å². The summed E-state index contributed by atoms with van der Waals surface area (Å²) in [5.74, 6) is 0. The molecule has 4 nitrogen and oxygen atoms in total. The van der Waals surface area contributed by atoms with Gasteiger partial charge in [-0.2, -0.15) is 10.5 Å². The first-order chi connectivity index (χ1) is 21.7. The zero-order chi connectivity index (χ0) is 29.6. The second-order valence-electron chi connectivity index (χ2n) is 10.9. The summed E-state index contributed by atoms with van der Waals surface area (Å²) < 4.78 is 0. The molecule has 0 spiro atoms. The Kier molecular flexibility index (Phi) is 5.86. The van der Waals surface area contributed by atoms with Gasteiger partial charge >= 0.3 is 0 Å². The number of pyridine rings is 2. The van der Waals surface area contributed by atoms with Crippen molar-refractivity contribution in [3.8, 4) is 56.6 Å². The predicted octanol–water partition coefficient (Wildman–Crippen LogP) is 9.79. The quantitative estimate of drug-likeness (QED) is 0.202.